The third-order valence-corrected chi connectivity index (χ3v) is 8.43. The van der Waals surface area contributed by atoms with Gasteiger partial charge in [0.25, 0.3) is 0 Å². The molecule has 0 heterocycles. The van der Waals surface area contributed by atoms with E-state index in [1.54, 1.807) is 0 Å². The quantitative estimate of drug-likeness (QED) is 0.132. The summed E-state index contributed by atoms with van der Waals surface area (Å²) in [6.07, 6.45) is 7.57. The zero-order valence-electron chi connectivity index (χ0n) is 22.4. The van der Waals surface area contributed by atoms with Crippen LogP contribution in [-0.2, 0) is 40.8 Å². The second-order valence-electron chi connectivity index (χ2n) is 8.29. The molecular formula is C32H28N4Pd2Se4. The van der Waals surface area contributed by atoms with Gasteiger partial charge in [-0.2, -0.15) is 0 Å². The van der Waals surface area contributed by atoms with Gasteiger partial charge in [-0.15, -0.1) is 0 Å². The zero-order valence-corrected chi connectivity index (χ0v) is 32.4. The SMILES string of the molecule is [Pd+2].[Pd+2].[Se-]c1ccccc1C=NCCN=Cc1ccccc1[Se-].[Se-]c1ccccc1C=NCCN=Cc1ccccc1[Se-]. The van der Waals surface area contributed by atoms with Crippen molar-refractivity contribution in [2.75, 3.05) is 26.2 Å². The van der Waals surface area contributed by atoms with Gasteiger partial charge in [0.2, 0.25) is 0 Å². The van der Waals surface area contributed by atoms with Crippen molar-refractivity contribution in [2.24, 2.45) is 20.0 Å². The van der Waals surface area contributed by atoms with Gasteiger partial charge in [0.15, 0.2) is 0 Å². The van der Waals surface area contributed by atoms with Crippen LogP contribution >= 0.6 is 0 Å². The molecule has 4 nitrogen and oxygen atoms in total. The van der Waals surface area contributed by atoms with Gasteiger partial charge in [-0.25, -0.2) is 0 Å². The molecule has 4 rings (SSSR count). The molecule has 220 valence electrons. The summed E-state index contributed by atoms with van der Waals surface area (Å²) in [4.78, 5) is 17.6. The second-order valence-corrected chi connectivity index (χ2v) is 12.0. The Labute approximate surface area is 309 Å². The van der Waals surface area contributed by atoms with Crippen molar-refractivity contribution >= 4 is 107 Å². The van der Waals surface area contributed by atoms with Crippen LogP contribution in [0.5, 0.6) is 0 Å². The first kappa shape index (κ1) is 39.0. The maximum absolute atomic E-state index is 4.39. The predicted molar refractivity (Wildman–Crippen MR) is 177 cm³/mol. The predicted octanol–water partition coefficient (Wildman–Crippen LogP) is 1.62. The van der Waals surface area contributed by atoms with E-state index >= 15 is 0 Å². The molecule has 0 N–H and O–H groups in total. The fourth-order valence-electron chi connectivity index (χ4n) is 3.23. The molecule has 10 heteroatoms. The Morgan fingerprint density at radius 1 is 0.357 bits per heavy atom. The van der Waals surface area contributed by atoms with E-state index in [-0.39, 0.29) is 40.8 Å². The molecule has 0 bridgehead atoms. The topological polar surface area (TPSA) is 49.4 Å². The fraction of sp³-hybridized carbons (Fsp3) is 0.125. The van der Waals surface area contributed by atoms with Gasteiger partial charge in [-0.3, -0.25) is 0 Å². The summed E-state index contributed by atoms with van der Waals surface area (Å²) in [5, 5.41) is 0. The molecule has 0 unspecified atom stereocenters. The van der Waals surface area contributed by atoms with Crippen LogP contribution in [0.3, 0.4) is 0 Å². The summed E-state index contributed by atoms with van der Waals surface area (Å²) in [5.74, 6) is 0. The number of rotatable bonds is 10. The molecular weight excluding hydrogens is 969 g/mol. The van der Waals surface area contributed by atoms with Crippen LogP contribution in [0.1, 0.15) is 22.3 Å². The molecule has 0 aliphatic rings. The van der Waals surface area contributed by atoms with Gasteiger partial charge in [0.1, 0.15) is 0 Å². The Hall–Kier alpha value is -1.04. The molecule has 0 spiro atoms. The summed E-state index contributed by atoms with van der Waals surface area (Å²) in [5.41, 5.74) is 4.46. The van der Waals surface area contributed by atoms with Crippen LogP contribution in [0.4, 0.5) is 0 Å². The molecule has 0 fully saturated rings. The molecule has 4 aromatic rings. The van der Waals surface area contributed by atoms with E-state index < -0.39 is 0 Å². The molecule has 0 amide bonds. The average molecular weight is 997 g/mol. The second kappa shape index (κ2) is 23.4. The Morgan fingerprint density at radius 2 is 0.548 bits per heavy atom. The Morgan fingerprint density at radius 3 is 0.738 bits per heavy atom. The number of aliphatic imine (C=N–C) groups is 4. The van der Waals surface area contributed by atoms with Gasteiger partial charge in [0.05, 0.1) is 0 Å². The first-order chi connectivity index (χ1) is 19.5. The van der Waals surface area contributed by atoms with Crippen LogP contribution in [-0.4, -0.2) is 115 Å². The van der Waals surface area contributed by atoms with Crippen LogP contribution in [0.15, 0.2) is 117 Å². The van der Waals surface area contributed by atoms with Crippen LogP contribution in [0.25, 0.3) is 0 Å². The van der Waals surface area contributed by atoms with Gasteiger partial charge >= 0.3 is 313 Å². The van der Waals surface area contributed by atoms with Crippen molar-refractivity contribution in [1.82, 2.24) is 0 Å². The van der Waals surface area contributed by atoms with Gasteiger partial charge in [-0.1, -0.05) is 0 Å². The minimum absolute atomic E-state index is 0. The maximum atomic E-state index is 4.39. The first-order valence-electron chi connectivity index (χ1n) is 12.6. The van der Waals surface area contributed by atoms with Gasteiger partial charge in [-0.05, 0) is 0 Å². The average Bonchev–Trinajstić information content (AvgIpc) is 2.96. The van der Waals surface area contributed by atoms with Crippen molar-refractivity contribution in [3.05, 3.63) is 119 Å². The Kier molecular flexibility index (Phi) is 21.7. The number of hydrogen-bond donors (Lipinski definition) is 0. The number of nitrogens with zero attached hydrogens (tertiary/aromatic N) is 4. The van der Waals surface area contributed by atoms with Crippen LogP contribution < -0.4 is 17.8 Å². The standard InChI is InChI=1S/2C16H16N2Se2.2Pd/c2*19-15-7-3-1-5-13(15)11-17-9-10-18-12-14-6-2-4-8-16(14)20;;/h2*1-8,11-12,19-20H,9-10H2;;/q;;2*+2/p-4. The van der Waals surface area contributed by atoms with E-state index in [2.05, 4.69) is 84.0 Å². The fourth-order valence-corrected chi connectivity index (χ4v) is 4.90. The van der Waals surface area contributed by atoms with E-state index in [0.717, 1.165) is 40.1 Å². The van der Waals surface area contributed by atoms with Crippen molar-refractivity contribution in [2.45, 2.75) is 0 Å². The summed E-state index contributed by atoms with van der Waals surface area (Å²) in [7, 11) is 0. The molecule has 0 aliphatic carbocycles. The third kappa shape index (κ3) is 15.1. The van der Waals surface area contributed by atoms with Crippen LogP contribution in [0, 0.1) is 0 Å². The molecule has 42 heavy (non-hydrogen) atoms. The monoisotopic (exact) mass is 1000 g/mol. The molecule has 0 saturated carbocycles. The minimum atomic E-state index is 0. The van der Waals surface area contributed by atoms with E-state index in [1.807, 2.05) is 122 Å². The summed E-state index contributed by atoms with van der Waals surface area (Å²) >= 11 is 12.1. The van der Waals surface area contributed by atoms with E-state index in [9.17, 15) is 0 Å². The van der Waals surface area contributed by atoms with E-state index in [4.69, 9.17) is 0 Å². The third-order valence-electron chi connectivity index (χ3n) is 5.31. The summed E-state index contributed by atoms with van der Waals surface area (Å²) in [6, 6.07) is 32.4. The van der Waals surface area contributed by atoms with Crippen molar-refractivity contribution in [3.8, 4) is 0 Å². The molecule has 4 aromatic carbocycles. The van der Waals surface area contributed by atoms with Crippen molar-refractivity contribution in [1.29, 1.82) is 0 Å². The Balaban J connectivity index is 0.000000401. The molecule has 0 radical (unpaired) electrons. The zero-order chi connectivity index (χ0) is 28.4. The van der Waals surface area contributed by atoms with Gasteiger partial charge < -0.3 is 0 Å². The number of hydrogen-bond acceptors (Lipinski definition) is 4. The van der Waals surface area contributed by atoms with E-state index in [1.165, 1.54) is 0 Å². The summed E-state index contributed by atoms with van der Waals surface area (Å²) < 4.78 is 4.48. The first-order valence-corrected chi connectivity index (χ1v) is 16.0. The van der Waals surface area contributed by atoms with Crippen LogP contribution in [0.2, 0.25) is 0 Å². The van der Waals surface area contributed by atoms with E-state index in [0.29, 0.717) is 26.2 Å². The molecule has 0 aliphatic heterocycles. The molecule has 0 atom stereocenters. The molecule has 0 saturated heterocycles. The number of benzene rings is 4. The van der Waals surface area contributed by atoms with Crippen molar-refractivity contribution < 1.29 is 40.8 Å². The normalized spacial score (nSPS) is 10.9. The molecule has 0 aromatic heterocycles. The Bertz CT molecular complexity index is 1250. The summed E-state index contributed by atoms with van der Waals surface area (Å²) in [6.45, 7) is 2.78. The van der Waals surface area contributed by atoms with Crippen molar-refractivity contribution in [3.63, 3.8) is 0 Å². The van der Waals surface area contributed by atoms with Gasteiger partial charge in [0, 0.05) is 0 Å².